The molecule has 1 aliphatic rings. The quantitative estimate of drug-likeness (QED) is 0.116. The molecule has 0 bridgehead atoms. The number of aryl methyl sites for hydroxylation is 1. The summed E-state index contributed by atoms with van der Waals surface area (Å²) in [5, 5.41) is 4.26. The lowest BCUT2D eigenvalue weighted by atomic mass is 9.91. The molecule has 37 heavy (non-hydrogen) atoms. The molecule has 0 aromatic heterocycles. The second kappa shape index (κ2) is 9.12. The highest BCUT2D eigenvalue weighted by atomic mass is 32.1. The molecule has 0 radical (unpaired) electrons. The van der Waals surface area contributed by atoms with E-state index in [1.165, 1.54) is 9.80 Å². The van der Waals surface area contributed by atoms with Gasteiger partial charge in [-0.2, -0.15) is 0 Å². The van der Waals surface area contributed by atoms with E-state index in [0.29, 0.717) is 11.4 Å². The van der Waals surface area contributed by atoms with Crippen LogP contribution in [0.15, 0.2) is 115 Å². The average Bonchev–Trinajstić information content (AvgIpc) is 2.94. The molecule has 5 aromatic rings. The number of fused-ring (bicyclic) bond motifs is 2. The van der Waals surface area contributed by atoms with Crippen LogP contribution >= 0.6 is 12.2 Å². The summed E-state index contributed by atoms with van der Waals surface area (Å²) in [5.74, 6) is -0.885. The van der Waals surface area contributed by atoms with Crippen LogP contribution in [0.25, 0.3) is 27.6 Å². The first kappa shape index (κ1) is 22.8. The summed E-state index contributed by atoms with van der Waals surface area (Å²) < 4.78 is 0. The van der Waals surface area contributed by atoms with Crippen molar-refractivity contribution >= 4 is 68.1 Å². The Bertz CT molecular complexity index is 1620. The number of para-hydroxylation sites is 2. The summed E-state index contributed by atoms with van der Waals surface area (Å²) in [6, 6.07) is 34.6. The first-order chi connectivity index (χ1) is 18.1. The van der Waals surface area contributed by atoms with Crippen molar-refractivity contribution < 1.29 is 9.59 Å². The predicted octanol–water partition coefficient (Wildman–Crippen LogP) is 7.05. The monoisotopic (exact) mass is 498 g/mol. The Hall–Kier alpha value is -4.61. The third-order valence-corrected chi connectivity index (χ3v) is 7.17. The van der Waals surface area contributed by atoms with E-state index in [1.54, 1.807) is 6.08 Å². The molecule has 1 aliphatic heterocycles. The average molecular weight is 499 g/mol. The molecule has 0 aliphatic carbocycles. The van der Waals surface area contributed by atoms with Crippen molar-refractivity contribution in [1.29, 1.82) is 0 Å². The summed E-state index contributed by atoms with van der Waals surface area (Å²) in [6.45, 7) is 2.10. The third-order valence-electron chi connectivity index (χ3n) is 6.81. The molecule has 1 fully saturated rings. The van der Waals surface area contributed by atoms with Crippen LogP contribution in [0.4, 0.5) is 11.4 Å². The maximum absolute atomic E-state index is 14.0. The Morgan fingerprint density at radius 2 is 0.946 bits per heavy atom. The fourth-order valence-electron chi connectivity index (χ4n) is 5.02. The summed E-state index contributed by atoms with van der Waals surface area (Å²) >= 11 is 5.74. The molecule has 0 unspecified atom stereocenters. The maximum Gasteiger partial charge on any atom is 0.270 e. The van der Waals surface area contributed by atoms with Gasteiger partial charge in [0.2, 0.25) is 0 Å². The first-order valence-corrected chi connectivity index (χ1v) is 12.4. The zero-order valence-electron chi connectivity index (χ0n) is 20.1. The number of hydrogen-bond donors (Lipinski definition) is 0. The Balaban J connectivity index is 1.64. The van der Waals surface area contributed by atoms with Gasteiger partial charge in [0.25, 0.3) is 11.8 Å². The van der Waals surface area contributed by atoms with E-state index in [-0.39, 0.29) is 10.7 Å². The summed E-state index contributed by atoms with van der Waals surface area (Å²) in [4.78, 5) is 30.9. The molecule has 0 spiro atoms. The van der Waals surface area contributed by atoms with Crippen LogP contribution in [-0.2, 0) is 9.59 Å². The van der Waals surface area contributed by atoms with Gasteiger partial charge in [0.1, 0.15) is 5.57 Å². The normalized spacial score (nSPS) is 14.1. The van der Waals surface area contributed by atoms with Gasteiger partial charge in [0.05, 0.1) is 11.4 Å². The summed E-state index contributed by atoms with van der Waals surface area (Å²) in [6.07, 6.45) is 1.74. The van der Waals surface area contributed by atoms with E-state index >= 15 is 0 Å². The second-order valence-corrected chi connectivity index (χ2v) is 9.29. The van der Waals surface area contributed by atoms with Gasteiger partial charge < -0.3 is 0 Å². The van der Waals surface area contributed by atoms with Crippen molar-refractivity contribution in [2.24, 2.45) is 0 Å². The van der Waals surface area contributed by atoms with E-state index in [9.17, 15) is 9.59 Å². The van der Waals surface area contributed by atoms with Crippen molar-refractivity contribution in [3.8, 4) is 0 Å². The molecule has 5 heteroatoms. The lowest BCUT2D eigenvalue weighted by molar-refractivity contribution is -0.120. The Morgan fingerprint density at radius 1 is 0.568 bits per heavy atom. The van der Waals surface area contributed by atoms with Gasteiger partial charge in [-0.15, -0.1) is 0 Å². The fraction of sp³-hybridized carbons (Fsp3) is 0.0312. The van der Waals surface area contributed by atoms with Crippen molar-refractivity contribution in [3.05, 3.63) is 126 Å². The van der Waals surface area contributed by atoms with E-state index < -0.39 is 11.8 Å². The molecule has 1 saturated heterocycles. The number of amides is 2. The van der Waals surface area contributed by atoms with Crippen molar-refractivity contribution in [3.63, 3.8) is 0 Å². The van der Waals surface area contributed by atoms with Crippen LogP contribution in [0.2, 0.25) is 0 Å². The molecule has 2 amide bonds. The van der Waals surface area contributed by atoms with Gasteiger partial charge in [-0.3, -0.25) is 19.4 Å². The summed E-state index contributed by atoms with van der Waals surface area (Å²) in [5.41, 5.74) is 3.27. The smallest absolute Gasteiger partial charge is 0.268 e. The molecular formula is C32H22N2O2S. The van der Waals surface area contributed by atoms with Gasteiger partial charge in [0, 0.05) is 0 Å². The highest BCUT2D eigenvalue weighted by Gasteiger charge is 2.41. The minimum atomic E-state index is -0.442. The predicted molar refractivity (Wildman–Crippen MR) is 155 cm³/mol. The standard InChI is InChI=1S/C32H22N2O2S/c1-21-24-16-8-10-18-26(24)28(27-19-11-9-17-25(21)27)20-29-30(35)33(22-12-4-2-5-13-22)32(37)34(31(29)36)23-14-6-3-7-15-23/h2-20H,1H3. The number of thiocarbonyl (C=S) groups is 1. The molecule has 1 heterocycles. The third kappa shape index (κ3) is 3.72. The molecule has 0 N–H and O–H groups in total. The number of nitrogens with zero attached hydrogens (tertiary/aromatic N) is 2. The molecule has 5 aromatic carbocycles. The van der Waals surface area contributed by atoms with Crippen molar-refractivity contribution in [2.75, 3.05) is 9.80 Å². The highest BCUT2D eigenvalue weighted by molar-refractivity contribution is 7.81. The first-order valence-electron chi connectivity index (χ1n) is 12.0. The van der Waals surface area contributed by atoms with Crippen molar-refractivity contribution in [2.45, 2.75) is 6.92 Å². The molecule has 0 saturated carbocycles. The zero-order valence-corrected chi connectivity index (χ0v) is 20.9. The topological polar surface area (TPSA) is 40.6 Å². The van der Waals surface area contributed by atoms with Gasteiger partial charge in [0.15, 0.2) is 5.11 Å². The second-order valence-electron chi connectivity index (χ2n) is 8.92. The minimum absolute atomic E-state index is 0.0560. The van der Waals surface area contributed by atoms with Crippen LogP contribution in [0.5, 0.6) is 0 Å². The van der Waals surface area contributed by atoms with E-state index in [2.05, 4.69) is 19.1 Å². The van der Waals surface area contributed by atoms with Crippen LogP contribution in [-0.4, -0.2) is 16.9 Å². The number of hydrogen-bond acceptors (Lipinski definition) is 3. The Morgan fingerprint density at radius 3 is 1.38 bits per heavy atom. The van der Waals surface area contributed by atoms with Gasteiger partial charge in [-0.25, -0.2) is 0 Å². The number of carbonyl (C=O) groups excluding carboxylic acids is 2. The fourth-order valence-corrected chi connectivity index (χ4v) is 5.40. The summed E-state index contributed by atoms with van der Waals surface area (Å²) in [7, 11) is 0. The molecular weight excluding hydrogens is 476 g/mol. The van der Waals surface area contributed by atoms with E-state index in [1.807, 2.05) is 97.1 Å². The maximum atomic E-state index is 14.0. The van der Waals surface area contributed by atoms with Gasteiger partial charge in [-0.05, 0) is 82.2 Å². The van der Waals surface area contributed by atoms with E-state index in [4.69, 9.17) is 12.2 Å². The van der Waals surface area contributed by atoms with Gasteiger partial charge >= 0.3 is 0 Å². The van der Waals surface area contributed by atoms with Crippen LogP contribution in [0.1, 0.15) is 11.1 Å². The number of benzene rings is 5. The SMILES string of the molecule is Cc1c2ccccc2c(C=C2C(=O)N(c3ccccc3)C(=S)N(c3ccccc3)C2=O)c2ccccc12. The largest absolute Gasteiger partial charge is 0.270 e. The van der Waals surface area contributed by atoms with E-state index in [0.717, 1.165) is 32.7 Å². The minimum Gasteiger partial charge on any atom is -0.268 e. The van der Waals surface area contributed by atoms with Gasteiger partial charge in [-0.1, -0.05) is 84.9 Å². The van der Waals surface area contributed by atoms with Crippen LogP contribution in [0, 0.1) is 6.92 Å². The Labute approximate surface area is 220 Å². The zero-order chi connectivity index (χ0) is 25.5. The highest BCUT2D eigenvalue weighted by Crippen LogP contribution is 2.36. The molecule has 178 valence electrons. The lowest BCUT2D eigenvalue weighted by Gasteiger charge is -2.36. The Kier molecular flexibility index (Phi) is 5.63. The van der Waals surface area contributed by atoms with Crippen LogP contribution in [0.3, 0.4) is 0 Å². The number of carbonyl (C=O) groups is 2. The molecule has 4 nitrogen and oxygen atoms in total. The van der Waals surface area contributed by atoms with Crippen LogP contribution < -0.4 is 9.80 Å². The lowest BCUT2D eigenvalue weighted by Crippen LogP contribution is -2.56. The van der Waals surface area contributed by atoms with Crippen molar-refractivity contribution in [1.82, 2.24) is 0 Å². The molecule has 6 rings (SSSR count). The molecule has 0 atom stereocenters. The number of anilines is 2. The number of rotatable bonds is 3.